The topological polar surface area (TPSA) is 64.4 Å². The van der Waals surface area contributed by atoms with Crippen molar-refractivity contribution in [1.82, 2.24) is 4.98 Å². The van der Waals surface area contributed by atoms with Crippen LogP contribution in [-0.4, -0.2) is 16.5 Å². The maximum atomic E-state index is 12.8. The van der Waals surface area contributed by atoms with Gasteiger partial charge in [0.1, 0.15) is 11.3 Å². The second-order valence-corrected chi connectivity index (χ2v) is 9.58. The van der Waals surface area contributed by atoms with Crippen LogP contribution in [0, 0.1) is 0 Å². The Hall–Kier alpha value is -2.35. The SMILES string of the molecule is CC(C)(Oc1ccc(Br)cc1)C(=O)Nc1ccc2oc(-c3cc(Br)ccc3Cl)nc2c1. The van der Waals surface area contributed by atoms with Gasteiger partial charge in [0.15, 0.2) is 11.2 Å². The van der Waals surface area contributed by atoms with E-state index in [9.17, 15) is 4.79 Å². The summed E-state index contributed by atoms with van der Waals surface area (Å²) in [5, 5.41) is 3.42. The molecule has 0 spiro atoms. The van der Waals surface area contributed by atoms with Crippen molar-refractivity contribution in [1.29, 1.82) is 0 Å². The summed E-state index contributed by atoms with van der Waals surface area (Å²) in [7, 11) is 0. The molecular formula is C23H17Br2ClN2O3. The van der Waals surface area contributed by atoms with E-state index in [0.717, 1.165) is 8.95 Å². The lowest BCUT2D eigenvalue weighted by Crippen LogP contribution is -2.42. The maximum absolute atomic E-state index is 12.8. The van der Waals surface area contributed by atoms with Crippen molar-refractivity contribution in [2.75, 3.05) is 5.32 Å². The third kappa shape index (κ3) is 4.95. The van der Waals surface area contributed by atoms with Crippen molar-refractivity contribution < 1.29 is 13.9 Å². The van der Waals surface area contributed by atoms with Crippen LogP contribution >= 0.6 is 43.5 Å². The summed E-state index contributed by atoms with van der Waals surface area (Å²) in [4.78, 5) is 17.4. The van der Waals surface area contributed by atoms with Gasteiger partial charge in [-0.15, -0.1) is 0 Å². The Morgan fingerprint density at radius 3 is 2.48 bits per heavy atom. The number of nitrogens with one attached hydrogen (secondary N) is 1. The molecule has 1 aromatic heterocycles. The molecule has 31 heavy (non-hydrogen) atoms. The van der Waals surface area contributed by atoms with Crippen molar-refractivity contribution in [3.8, 4) is 17.2 Å². The Morgan fingerprint density at radius 2 is 1.74 bits per heavy atom. The Morgan fingerprint density at radius 1 is 1.03 bits per heavy atom. The first-order valence-corrected chi connectivity index (χ1v) is 11.3. The molecule has 4 aromatic rings. The van der Waals surface area contributed by atoms with Crippen LogP contribution in [0.1, 0.15) is 13.8 Å². The molecule has 4 rings (SSSR count). The van der Waals surface area contributed by atoms with Gasteiger partial charge in [-0.3, -0.25) is 4.79 Å². The normalized spacial score (nSPS) is 11.5. The summed E-state index contributed by atoms with van der Waals surface area (Å²) in [5.74, 6) is 0.725. The highest BCUT2D eigenvalue weighted by molar-refractivity contribution is 9.10. The van der Waals surface area contributed by atoms with Crippen molar-refractivity contribution in [2.24, 2.45) is 0 Å². The Labute approximate surface area is 201 Å². The smallest absolute Gasteiger partial charge is 0.267 e. The second kappa shape index (κ2) is 8.65. The molecule has 158 valence electrons. The minimum absolute atomic E-state index is 0.284. The van der Waals surface area contributed by atoms with Gasteiger partial charge in [0, 0.05) is 14.6 Å². The number of aromatic nitrogens is 1. The number of rotatable bonds is 5. The van der Waals surface area contributed by atoms with Gasteiger partial charge in [0.2, 0.25) is 5.89 Å². The maximum Gasteiger partial charge on any atom is 0.267 e. The molecule has 0 aliphatic heterocycles. The van der Waals surface area contributed by atoms with Crippen LogP contribution in [-0.2, 0) is 4.79 Å². The largest absolute Gasteiger partial charge is 0.478 e. The van der Waals surface area contributed by atoms with E-state index in [1.807, 2.05) is 24.3 Å². The molecule has 1 N–H and O–H groups in total. The number of benzene rings is 3. The molecule has 5 nitrogen and oxygen atoms in total. The Bertz CT molecular complexity index is 1270. The molecule has 8 heteroatoms. The molecule has 0 saturated carbocycles. The first-order chi connectivity index (χ1) is 14.7. The number of anilines is 1. The second-order valence-electron chi connectivity index (χ2n) is 7.35. The Balaban J connectivity index is 1.55. The minimum Gasteiger partial charge on any atom is -0.478 e. The molecule has 0 unspecified atom stereocenters. The van der Waals surface area contributed by atoms with Gasteiger partial charge in [0.25, 0.3) is 5.91 Å². The van der Waals surface area contributed by atoms with E-state index >= 15 is 0 Å². The highest BCUT2D eigenvalue weighted by Gasteiger charge is 2.30. The van der Waals surface area contributed by atoms with Gasteiger partial charge < -0.3 is 14.5 Å². The van der Waals surface area contributed by atoms with Gasteiger partial charge in [-0.2, -0.15) is 0 Å². The van der Waals surface area contributed by atoms with Gasteiger partial charge >= 0.3 is 0 Å². The number of ether oxygens (including phenoxy) is 1. The van der Waals surface area contributed by atoms with Crippen molar-refractivity contribution in [3.63, 3.8) is 0 Å². The molecule has 0 fully saturated rings. The number of carbonyl (C=O) groups is 1. The van der Waals surface area contributed by atoms with E-state index in [-0.39, 0.29) is 5.91 Å². The number of oxazole rings is 1. The first kappa shape index (κ1) is 21.9. The van der Waals surface area contributed by atoms with Gasteiger partial charge in [-0.05, 0) is 74.5 Å². The summed E-state index contributed by atoms with van der Waals surface area (Å²) >= 11 is 13.1. The minimum atomic E-state index is -1.08. The fourth-order valence-electron chi connectivity index (χ4n) is 2.91. The number of hydrogen-bond acceptors (Lipinski definition) is 4. The Kier molecular flexibility index (Phi) is 6.10. The lowest BCUT2D eigenvalue weighted by atomic mass is 10.1. The molecule has 1 heterocycles. The average molecular weight is 565 g/mol. The fourth-order valence-corrected chi connectivity index (χ4v) is 3.73. The lowest BCUT2D eigenvalue weighted by molar-refractivity contribution is -0.128. The fraction of sp³-hybridized carbons (Fsp3) is 0.130. The van der Waals surface area contributed by atoms with Gasteiger partial charge in [-0.1, -0.05) is 43.5 Å². The molecule has 0 saturated heterocycles. The summed E-state index contributed by atoms with van der Waals surface area (Å²) in [5.41, 5.74) is 1.39. The predicted molar refractivity (Wildman–Crippen MR) is 130 cm³/mol. The van der Waals surface area contributed by atoms with Crippen LogP contribution in [0.3, 0.4) is 0 Å². The van der Waals surface area contributed by atoms with Crippen LogP contribution < -0.4 is 10.1 Å². The van der Waals surface area contributed by atoms with E-state index in [1.54, 1.807) is 50.2 Å². The zero-order valence-electron chi connectivity index (χ0n) is 16.6. The molecule has 0 radical (unpaired) electrons. The molecule has 1 amide bonds. The predicted octanol–water partition coefficient (Wildman–Crippen LogP) is 7.47. The monoisotopic (exact) mass is 562 g/mol. The van der Waals surface area contributed by atoms with E-state index in [0.29, 0.717) is 39.0 Å². The number of carbonyl (C=O) groups excluding carboxylic acids is 1. The van der Waals surface area contributed by atoms with E-state index < -0.39 is 5.60 Å². The molecular weight excluding hydrogens is 548 g/mol. The number of hydrogen-bond donors (Lipinski definition) is 1. The number of nitrogens with zero attached hydrogens (tertiary/aromatic N) is 1. The van der Waals surface area contributed by atoms with Gasteiger partial charge in [-0.25, -0.2) is 4.98 Å². The number of amides is 1. The molecule has 3 aromatic carbocycles. The van der Waals surface area contributed by atoms with Gasteiger partial charge in [0.05, 0.1) is 10.6 Å². The quantitative estimate of drug-likeness (QED) is 0.273. The summed E-state index contributed by atoms with van der Waals surface area (Å²) < 4.78 is 13.5. The van der Waals surface area contributed by atoms with Crippen molar-refractivity contribution >= 4 is 66.2 Å². The molecule has 0 bridgehead atoms. The van der Waals surface area contributed by atoms with E-state index in [1.165, 1.54) is 0 Å². The van der Waals surface area contributed by atoms with Crippen LogP contribution in [0.15, 0.2) is 74.0 Å². The standard InChI is InChI=1S/C23H17Br2ClN2O3/c1-23(2,31-16-7-3-13(24)4-8-16)22(29)27-15-6-10-20-19(12-15)28-21(30-20)17-11-14(25)5-9-18(17)26/h3-12H,1-2H3,(H,27,29). The number of halogens is 3. The first-order valence-electron chi connectivity index (χ1n) is 9.33. The van der Waals surface area contributed by atoms with Crippen molar-refractivity contribution in [3.05, 3.63) is 74.6 Å². The average Bonchev–Trinajstić information content (AvgIpc) is 3.14. The molecule has 0 aliphatic carbocycles. The van der Waals surface area contributed by atoms with Crippen LogP contribution in [0.25, 0.3) is 22.6 Å². The highest BCUT2D eigenvalue weighted by atomic mass is 79.9. The highest BCUT2D eigenvalue weighted by Crippen LogP contribution is 2.33. The zero-order chi connectivity index (χ0) is 22.2. The van der Waals surface area contributed by atoms with E-state index in [2.05, 4.69) is 42.2 Å². The van der Waals surface area contributed by atoms with E-state index in [4.69, 9.17) is 20.8 Å². The summed E-state index contributed by atoms with van der Waals surface area (Å²) in [6.07, 6.45) is 0. The third-order valence-corrected chi connectivity index (χ3v) is 5.89. The zero-order valence-corrected chi connectivity index (χ0v) is 20.5. The van der Waals surface area contributed by atoms with Crippen LogP contribution in [0.5, 0.6) is 5.75 Å². The lowest BCUT2D eigenvalue weighted by Gasteiger charge is -2.25. The molecule has 0 aliphatic rings. The van der Waals surface area contributed by atoms with Crippen molar-refractivity contribution in [2.45, 2.75) is 19.4 Å². The molecule has 0 atom stereocenters. The van der Waals surface area contributed by atoms with Crippen LogP contribution in [0.4, 0.5) is 5.69 Å². The van der Waals surface area contributed by atoms with Crippen LogP contribution in [0.2, 0.25) is 5.02 Å². The third-order valence-electron chi connectivity index (χ3n) is 4.54. The summed E-state index contributed by atoms with van der Waals surface area (Å²) in [6, 6.07) is 18.1. The number of fused-ring (bicyclic) bond motifs is 1. The summed E-state index contributed by atoms with van der Waals surface area (Å²) in [6.45, 7) is 3.43.